The van der Waals surface area contributed by atoms with Crippen LogP contribution in [0.15, 0.2) is 42.5 Å². The third-order valence-electron chi connectivity index (χ3n) is 9.91. The molecule has 2 aliphatic heterocycles. The van der Waals surface area contributed by atoms with Gasteiger partial charge in [-0.15, -0.1) is 0 Å². The molecular weight excluding hydrogens is 1000 g/mol. The van der Waals surface area contributed by atoms with Crippen molar-refractivity contribution in [1.82, 2.24) is 0 Å². The molecule has 2 aromatic rings. The Labute approximate surface area is 428 Å². The summed E-state index contributed by atoms with van der Waals surface area (Å²) in [5.74, 6) is -10.2. The Morgan fingerprint density at radius 1 is 0.440 bits per heavy atom. The molecular formula is C49H56O26. The maximum absolute atomic E-state index is 14.0. The van der Waals surface area contributed by atoms with Crippen LogP contribution in [0, 0.1) is 0 Å². The SMILES string of the molecule is CC(=O)OCC1OC(OC2C(OC(=O)/C=C/c3ccc(OC(C)=O)c(OC(C)=O)c3)C(COC(C)=O)OC(OCCc3ccc(OC(C)=O)c(OC(C)=O)c3)C2OC(C)=O)C(OC(C)=O)C(OC(C)=O)C1OC(C)=O. The molecule has 2 aliphatic rings. The van der Waals surface area contributed by atoms with E-state index in [2.05, 4.69) is 0 Å². The van der Waals surface area contributed by atoms with E-state index in [0.717, 1.165) is 75.3 Å². The third-order valence-corrected chi connectivity index (χ3v) is 9.91. The summed E-state index contributed by atoms with van der Waals surface area (Å²) in [5, 5.41) is 0. The van der Waals surface area contributed by atoms with Gasteiger partial charge < -0.3 is 71.1 Å². The van der Waals surface area contributed by atoms with Gasteiger partial charge in [-0.2, -0.15) is 0 Å². The van der Waals surface area contributed by atoms with E-state index >= 15 is 0 Å². The lowest BCUT2D eigenvalue weighted by Crippen LogP contribution is -2.67. The predicted molar refractivity (Wildman–Crippen MR) is 244 cm³/mol. The molecule has 0 aliphatic carbocycles. The van der Waals surface area contributed by atoms with Crippen molar-refractivity contribution in [3.63, 3.8) is 0 Å². The first-order valence-electron chi connectivity index (χ1n) is 22.7. The molecule has 2 fully saturated rings. The summed E-state index contributed by atoms with van der Waals surface area (Å²) in [6, 6.07) is 8.22. The van der Waals surface area contributed by atoms with E-state index in [1.165, 1.54) is 42.5 Å². The molecule has 2 heterocycles. The van der Waals surface area contributed by atoms with E-state index in [-0.39, 0.29) is 41.6 Å². The van der Waals surface area contributed by atoms with Crippen LogP contribution in [-0.4, -0.2) is 147 Å². The highest BCUT2D eigenvalue weighted by Crippen LogP contribution is 2.37. The van der Waals surface area contributed by atoms with Gasteiger partial charge in [0.05, 0.1) is 6.61 Å². The fourth-order valence-electron chi connectivity index (χ4n) is 7.33. The van der Waals surface area contributed by atoms with Crippen molar-refractivity contribution >= 4 is 71.7 Å². The fourth-order valence-corrected chi connectivity index (χ4v) is 7.33. The van der Waals surface area contributed by atoms with E-state index in [1.54, 1.807) is 0 Å². The molecule has 10 unspecified atom stereocenters. The van der Waals surface area contributed by atoms with Crippen molar-refractivity contribution in [3.05, 3.63) is 53.6 Å². The summed E-state index contributed by atoms with van der Waals surface area (Å²) in [6.45, 7) is 8.86. The number of ether oxygens (including phenoxy) is 15. The predicted octanol–water partition coefficient (Wildman–Crippen LogP) is 2.26. The average molecular weight is 1060 g/mol. The van der Waals surface area contributed by atoms with Crippen LogP contribution in [0.3, 0.4) is 0 Å². The van der Waals surface area contributed by atoms with Gasteiger partial charge in [-0.25, -0.2) is 4.79 Å². The lowest BCUT2D eigenvalue weighted by Gasteiger charge is -2.48. The van der Waals surface area contributed by atoms with Crippen molar-refractivity contribution in [1.29, 1.82) is 0 Å². The highest BCUT2D eigenvalue weighted by Gasteiger charge is 2.58. The number of rotatable bonds is 21. The Balaban J connectivity index is 1.88. The van der Waals surface area contributed by atoms with Crippen LogP contribution in [0.1, 0.15) is 80.4 Å². The minimum atomic E-state index is -2.01. The van der Waals surface area contributed by atoms with Crippen LogP contribution in [0.2, 0.25) is 0 Å². The molecule has 26 heteroatoms. The molecule has 2 aromatic carbocycles. The first-order valence-corrected chi connectivity index (χ1v) is 22.7. The quantitative estimate of drug-likeness (QED) is 0.0749. The van der Waals surface area contributed by atoms with Crippen LogP contribution in [0.5, 0.6) is 23.0 Å². The summed E-state index contributed by atoms with van der Waals surface area (Å²) in [4.78, 5) is 137. The molecule has 4 rings (SSSR count). The third kappa shape index (κ3) is 19.2. The Morgan fingerprint density at radius 3 is 1.36 bits per heavy atom. The largest absolute Gasteiger partial charge is 0.463 e. The van der Waals surface area contributed by atoms with Crippen molar-refractivity contribution in [2.45, 2.75) is 137 Å². The number of benzene rings is 2. The number of carbonyl (C=O) groups excluding carboxylic acids is 11. The van der Waals surface area contributed by atoms with Gasteiger partial charge in [-0.3, -0.25) is 47.9 Å². The molecule has 0 bridgehead atoms. The summed E-state index contributed by atoms with van der Waals surface area (Å²) < 4.78 is 84.7. The van der Waals surface area contributed by atoms with E-state index < -0.39 is 140 Å². The molecule has 26 nitrogen and oxygen atoms in total. The number of hydrogen-bond acceptors (Lipinski definition) is 26. The molecule has 408 valence electrons. The van der Waals surface area contributed by atoms with Crippen LogP contribution in [0.4, 0.5) is 0 Å². The Morgan fingerprint density at radius 2 is 0.867 bits per heavy atom. The molecule has 75 heavy (non-hydrogen) atoms. The van der Waals surface area contributed by atoms with Gasteiger partial charge >= 0.3 is 65.7 Å². The van der Waals surface area contributed by atoms with Crippen LogP contribution >= 0.6 is 0 Å². The molecule has 0 spiro atoms. The van der Waals surface area contributed by atoms with E-state index in [9.17, 15) is 52.7 Å². The first kappa shape index (κ1) is 59.8. The van der Waals surface area contributed by atoms with Gasteiger partial charge in [0.1, 0.15) is 31.5 Å². The van der Waals surface area contributed by atoms with Crippen LogP contribution in [-0.2, 0) is 111 Å². The lowest BCUT2D eigenvalue weighted by molar-refractivity contribution is -0.361. The monoisotopic (exact) mass is 1060 g/mol. The van der Waals surface area contributed by atoms with Crippen molar-refractivity contribution in [2.24, 2.45) is 0 Å². The maximum Gasteiger partial charge on any atom is 0.331 e. The van der Waals surface area contributed by atoms with Crippen molar-refractivity contribution in [3.8, 4) is 23.0 Å². The van der Waals surface area contributed by atoms with Gasteiger partial charge in [-0.05, 0) is 47.9 Å². The maximum atomic E-state index is 14.0. The van der Waals surface area contributed by atoms with Crippen molar-refractivity contribution in [2.75, 3.05) is 19.8 Å². The van der Waals surface area contributed by atoms with Gasteiger partial charge in [-0.1, -0.05) is 12.1 Å². The van der Waals surface area contributed by atoms with Gasteiger partial charge in [0.25, 0.3) is 0 Å². The van der Waals surface area contributed by atoms with E-state index in [1.807, 2.05) is 0 Å². The summed E-state index contributed by atoms with van der Waals surface area (Å²) in [6.07, 6.45) is -15.7. The summed E-state index contributed by atoms with van der Waals surface area (Å²) >= 11 is 0. The van der Waals surface area contributed by atoms with Crippen molar-refractivity contribution < 1.29 is 124 Å². The molecule has 0 N–H and O–H groups in total. The molecule has 0 saturated carbocycles. The first-order chi connectivity index (χ1) is 35.3. The highest BCUT2D eigenvalue weighted by atomic mass is 16.8. The zero-order chi connectivity index (χ0) is 55.7. The second-order valence-corrected chi connectivity index (χ2v) is 16.3. The Kier molecular flexibility index (Phi) is 22.3. The number of carbonyl (C=O) groups is 11. The zero-order valence-corrected chi connectivity index (χ0v) is 42.3. The molecule has 2 saturated heterocycles. The topological polar surface area (TPSA) is 326 Å². The summed E-state index contributed by atoms with van der Waals surface area (Å²) in [7, 11) is 0. The van der Waals surface area contributed by atoms with Gasteiger partial charge in [0.2, 0.25) is 0 Å². The van der Waals surface area contributed by atoms with Gasteiger partial charge in [0.15, 0.2) is 66.1 Å². The summed E-state index contributed by atoms with van der Waals surface area (Å²) in [5.41, 5.74) is 0.649. The van der Waals surface area contributed by atoms with E-state index in [0.29, 0.717) is 5.56 Å². The minimum absolute atomic E-state index is 0.00860. The Hall–Kier alpha value is -7.81. The second-order valence-electron chi connectivity index (χ2n) is 16.3. The van der Waals surface area contributed by atoms with E-state index in [4.69, 9.17) is 71.1 Å². The standard InChI is InChI=1S/C49H56O26/c1-23(50)62-21-39-42(68-29(7)56)44(69-30(8)57)47(71-32(10)59)49(73-39)75-45-43(74-41(60)16-13-33-11-14-35(64-25(3)52)37(19-33)66-27(5)54)40(22-63-24(2)51)72-48(46(45)70-31(9)58)61-18-17-34-12-15-36(65-26(4)53)38(20-34)67-28(6)55/h11-16,19-20,39-40,42-49H,17-18,21-22H2,1-10H3/b16-13+. The number of esters is 11. The molecule has 0 aromatic heterocycles. The Bertz CT molecular complexity index is 2500. The average Bonchev–Trinajstić information content (AvgIpc) is 3.28. The molecule has 0 radical (unpaired) electrons. The van der Waals surface area contributed by atoms with Gasteiger partial charge in [0, 0.05) is 75.3 Å². The smallest absolute Gasteiger partial charge is 0.331 e. The van der Waals surface area contributed by atoms with Crippen LogP contribution < -0.4 is 18.9 Å². The second kappa shape index (κ2) is 28.0. The highest BCUT2D eigenvalue weighted by molar-refractivity contribution is 5.87. The molecule has 10 atom stereocenters. The lowest BCUT2D eigenvalue weighted by atomic mass is 9.96. The fraction of sp³-hybridized carbons (Fsp3) is 0.490. The van der Waals surface area contributed by atoms with Crippen LogP contribution in [0.25, 0.3) is 6.08 Å². The molecule has 0 amide bonds. The zero-order valence-electron chi connectivity index (χ0n) is 42.3. The number of hydrogen-bond donors (Lipinski definition) is 0. The minimum Gasteiger partial charge on any atom is -0.463 e. The normalized spacial score (nSPS) is 23.0.